The summed E-state index contributed by atoms with van der Waals surface area (Å²) in [6.07, 6.45) is 7.87. The Morgan fingerprint density at radius 3 is 2.41 bits per heavy atom. The fourth-order valence-corrected chi connectivity index (χ4v) is 5.97. The summed E-state index contributed by atoms with van der Waals surface area (Å²) < 4.78 is 0. The van der Waals surface area contributed by atoms with Gasteiger partial charge >= 0.3 is 0 Å². The standard InChI is InChI=1S/C31H43N5O5/c1-3-19(2)27(36-30(40)26-17-21-11-7-8-12-24(21)34-26)31(41)35-25(15-20-9-5-4-6-10-20)29(39)33-23(18-37)16-22-13-14-32-28(22)38/h7-8,11-12,17-20,22-23,25,27,34H,3-6,9-10,13-16H2,1-2H3,(H,32,38)(H,33,39)(H,35,41)(H,36,40)/t19?,22-,23-,25-,27?/m0/s1. The first-order chi connectivity index (χ1) is 19.8. The molecule has 2 unspecified atom stereocenters. The van der Waals surface area contributed by atoms with Gasteiger partial charge < -0.3 is 31.0 Å². The molecular weight excluding hydrogens is 522 g/mol. The highest BCUT2D eigenvalue weighted by molar-refractivity contribution is 6.00. The van der Waals surface area contributed by atoms with Crippen molar-refractivity contribution in [3.05, 3.63) is 36.0 Å². The number of aromatic amines is 1. The normalized spacial score (nSPS) is 20.4. The molecule has 4 amide bonds. The lowest BCUT2D eigenvalue weighted by Gasteiger charge is -2.30. The summed E-state index contributed by atoms with van der Waals surface area (Å²) in [6.45, 7) is 4.39. The minimum Gasteiger partial charge on any atom is -0.356 e. The average Bonchev–Trinajstić information content (AvgIpc) is 3.60. The van der Waals surface area contributed by atoms with Gasteiger partial charge in [-0.1, -0.05) is 70.6 Å². The molecule has 1 aliphatic heterocycles. The predicted octanol–water partition coefficient (Wildman–Crippen LogP) is 2.98. The third-order valence-corrected chi connectivity index (χ3v) is 8.68. The molecule has 2 fully saturated rings. The number of aldehydes is 1. The minimum absolute atomic E-state index is 0.111. The van der Waals surface area contributed by atoms with Crippen molar-refractivity contribution in [1.29, 1.82) is 0 Å². The Morgan fingerprint density at radius 2 is 1.76 bits per heavy atom. The van der Waals surface area contributed by atoms with Crippen LogP contribution in [0.4, 0.5) is 0 Å². The fraction of sp³-hybridized carbons (Fsp3) is 0.581. The molecule has 0 radical (unpaired) electrons. The number of rotatable bonds is 13. The molecule has 41 heavy (non-hydrogen) atoms. The van der Waals surface area contributed by atoms with Gasteiger partial charge in [0.1, 0.15) is 24.1 Å². The number of carbonyl (C=O) groups is 5. The van der Waals surface area contributed by atoms with Crippen LogP contribution < -0.4 is 21.3 Å². The number of carbonyl (C=O) groups excluding carboxylic acids is 5. The second-order valence-electron chi connectivity index (χ2n) is 11.7. The van der Waals surface area contributed by atoms with E-state index in [4.69, 9.17) is 0 Å². The molecule has 1 aromatic heterocycles. The topological polar surface area (TPSA) is 149 Å². The third-order valence-electron chi connectivity index (χ3n) is 8.68. The van der Waals surface area contributed by atoms with Gasteiger partial charge in [-0.15, -0.1) is 0 Å². The van der Waals surface area contributed by atoms with E-state index in [9.17, 15) is 24.0 Å². The Balaban J connectivity index is 1.47. The van der Waals surface area contributed by atoms with E-state index >= 15 is 0 Å². The number of aromatic nitrogens is 1. The molecule has 1 aromatic carbocycles. The number of H-pyrrole nitrogens is 1. The van der Waals surface area contributed by atoms with E-state index < -0.39 is 35.8 Å². The van der Waals surface area contributed by atoms with Crippen LogP contribution in [0.2, 0.25) is 0 Å². The van der Waals surface area contributed by atoms with E-state index in [1.54, 1.807) is 6.07 Å². The summed E-state index contributed by atoms with van der Waals surface area (Å²) >= 11 is 0. The van der Waals surface area contributed by atoms with Gasteiger partial charge in [-0.05, 0) is 43.2 Å². The van der Waals surface area contributed by atoms with Crippen LogP contribution in [0.25, 0.3) is 10.9 Å². The van der Waals surface area contributed by atoms with Gasteiger partial charge in [-0.25, -0.2) is 0 Å². The summed E-state index contributed by atoms with van der Waals surface area (Å²) in [5, 5.41) is 12.2. The maximum absolute atomic E-state index is 13.7. The molecule has 1 aliphatic carbocycles. The van der Waals surface area contributed by atoms with Gasteiger partial charge in [0.2, 0.25) is 17.7 Å². The molecule has 1 saturated carbocycles. The number of benzene rings is 1. The summed E-state index contributed by atoms with van der Waals surface area (Å²) in [6, 6.07) is 6.76. The Hall–Kier alpha value is -3.69. The average molecular weight is 566 g/mol. The Morgan fingerprint density at radius 1 is 1.00 bits per heavy atom. The molecule has 2 aliphatic rings. The second kappa shape index (κ2) is 14.3. The summed E-state index contributed by atoms with van der Waals surface area (Å²) in [4.78, 5) is 67.3. The van der Waals surface area contributed by atoms with Gasteiger partial charge in [-0.2, -0.15) is 0 Å². The molecule has 2 aromatic rings. The molecule has 1 saturated heterocycles. The molecule has 5 N–H and O–H groups in total. The smallest absolute Gasteiger partial charge is 0.268 e. The fourth-order valence-electron chi connectivity index (χ4n) is 5.97. The molecule has 0 spiro atoms. The minimum atomic E-state index is -0.859. The highest BCUT2D eigenvalue weighted by Gasteiger charge is 2.34. The summed E-state index contributed by atoms with van der Waals surface area (Å²) in [5.41, 5.74) is 1.18. The van der Waals surface area contributed by atoms with Crippen molar-refractivity contribution < 1.29 is 24.0 Å². The molecule has 2 heterocycles. The number of hydrogen-bond acceptors (Lipinski definition) is 5. The highest BCUT2D eigenvalue weighted by Crippen LogP contribution is 2.28. The van der Waals surface area contributed by atoms with Crippen molar-refractivity contribution in [2.45, 2.75) is 89.8 Å². The van der Waals surface area contributed by atoms with Gasteiger partial charge in [0.15, 0.2) is 0 Å². The van der Waals surface area contributed by atoms with Crippen LogP contribution in [0.1, 0.15) is 82.1 Å². The molecule has 10 heteroatoms. The van der Waals surface area contributed by atoms with Crippen LogP contribution >= 0.6 is 0 Å². The molecule has 5 atom stereocenters. The predicted molar refractivity (Wildman–Crippen MR) is 156 cm³/mol. The first kappa shape index (κ1) is 30.3. The largest absolute Gasteiger partial charge is 0.356 e. The first-order valence-electron chi connectivity index (χ1n) is 15.0. The van der Waals surface area contributed by atoms with Crippen molar-refractivity contribution in [1.82, 2.24) is 26.3 Å². The van der Waals surface area contributed by atoms with Crippen LogP contribution in [0, 0.1) is 17.8 Å². The third kappa shape index (κ3) is 7.95. The van der Waals surface area contributed by atoms with E-state index in [-0.39, 0.29) is 30.1 Å². The number of nitrogens with one attached hydrogen (secondary N) is 5. The number of hydrogen-bond donors (Lipinski definition) is 5. The zero-order valence-electron chi connectivity index (χ0n) is 24.0. The van der Waals surface area contributed by atoms with Crippen molar-refractivity contribution in [2.24, 2.45) is 17.8 Å². The van der Waals surface area contributed by atoms with E-state index in [0.717, 1.165) is 43.0 Å². The lowest BCUT2D eigenvalue weighted by molar-refractivity contribution is -0.132. The van der Waals surface area contributed by atoms with Crippen molar-refractivity contribution in [2.75, 3.05) is 6.54 Å². The lowest BCUT2D eigenvalue weighted by atomic mass is 9.84. The van der Waals surface area contributed by atoms with E-state index in [2.05, 4.69) is 26.3 Å². The summed E-state index contributed by atoms with van der Waals surface area (Å²) in [5.74, 6) is -1.62. The lowest BCUT2D eigenvalue weighted by Crippen LogP contribution is -2.57. The maximum Gasteiger partial charge on any atom is 0.268 e. The van der Waals surface area contributed by atoms with E-state index in [1.807, 2.05) is 38.1 Å². The van der Waals surface area contributed by atoms with E-state index in [1.165, 1.54) is 0 Å². The Labute approximate surface area is 241 Å². The quantitative estimate of drug-likeness (QED) is 0.237. The van der Waals surface area contributed by atoms with Crippen LogP contribution in [-0.2, 0) is 19.2 Å². The van der Waals surface area contributed by atoms with Crippen LogP contribution in [0.5, 0.6) is 0 Å². The van der Waals surface area contributed by atoms with Crippen molar-refractivity contribution in [3.8, 4) is 0 Å². The van der Waals surface area contributed by atoms with Crippen molar-refractivity contribution in [3.63, 3.8) is 0 Å². The monoisotopic (exact) mass is 565 g/mol. The van der Waals surface area contributed by atoms with Gasteiger partial charge in [0.05, 0.1) is 6.04 Å². The highest BCUT2D eigenvalue weighted by atomic mass is 16.2. The van der Waals surface area contributed by atoms with E-state index in [0.29, 0.717) is 37.8 Å². The molecule has 4 rings (SSSR count). The van der Waals surface area contributed by atoms with Crippen LogP contribution in [-0.4, -0.2) is 59.6 Å². The SMILES string of the molecule is CCC(C)C(NC(=O)c1cc2ccccc2[nH]1)C(=O)N[C@@H](CC1CCCCC1)C(=O)N[C@H](C=O)C[C@@H]1CCNC1=O. The number of para-hydroxylation sites is 1. The molecule has 10 nitrogen and oxygen atoms in total. The Kier molecular flexibility index (Phi) is 10.5. The van der Waals surface area contributed by atoms with Crippen LogP contribution in [0.15, 0.2) is 30.3 Å². The zero-order chi connectivity index (χ0) is 29.4. The van der Waals surface area contributed by atoms with Crippen molar-refractivity contribution >= 4 is 40.8 Å². The second-order valence-corrected chi connectivity index (χ2v) is 11.7. The molecule has 0 bridgehead atoms. The van der Waals surface area contributed by atoms with Gasteiger partial charge in [0.25, 0.3) is 5.91 Å². The number of fused-ring (bicyclic) bond motifs is 1. The zero-order valence-corrected chi connectivity index (χ0v) is 24.0. The Bertz CT molecular complexity index is 1200. The molecule has 222 valence electrons. The first-order valence-corrected chi connectivity index (χ1v) is 15.0. The molecular formula is C31H43N5O5. The van der Waals surface area contributed by atoms with Gasteiger partial charge in [-0.3, -0.25) is 19.2 Å². The van der Waals surface area contributed by atoms with Gasteiger partial charge in [0, 0.05) is 23.4 Å². The number of amides is 4. The summed E-state index contributed by atoms with van der Waals surface area (Å²) in [7, 11) is 0. The van der Waals surface area contributed by atoms with Crippen LogP contribution in [0.3, 0.4) is 0 Å². The maximum atomic E-state index is 13.7.